The number of rotatable bonds is 2. The molecule has 2 heterocycles. The van der Waals surface area contributed by atoms with Crippen LogP contribution in [0.25, 0.3) is 0 Å². The molecule has 1 fully saturated rings. The van der Waals surface area contributed by atoms with Crippen LogP contribution in [0.15, 0.2) is 18.2 Å². The number of nitrogens with one attached hydrogen (secondary N) is 1. The van der Waals surface area contributed by atoms with Gasteiger partial charge in [0, 0.05) is 13.1 Å². The summed E-state index contributed by atoms with van der Waals surface area (Å²) in [6.45, 7) is 1.70. The maximum Gasteiger partial charge on any atom is 0.142 e. The summed E-state index contributed by atoms with van der Waals surface area (Å²) in [7, 11) is 0. The number of pyridine rings is 1. The number of aliphatic hydroxyl groups is 1. The van der Waals surface area contributed by atoms with Gasteiger partial charge in [0.25, 0.3) is 0 Å². The van der Waals surface area contributed by atoms with E-state index in [4.69, 9.17) is 5.84 Å². The molecular formula is C10H16N4O. The Morgan fingerprint density at radius 3 is 2.80 bits per heavy atom. The smallest absolute Gasteiger partial charge is 0.142 e. The molecule has 0 aliphatic carbocycles. The van der Waals surface area contributed by atoms with Gasteiger partial charge in [-0.15, -0.1) is 0 Å². The van der Waals surface area contributed by atoms with Crippen LogP contribution in [-0.4, -0.2) is 29.3 Å². The minimum absolute atomic E-state index is 0.155. The molecule has 0 atom stereocenters. The molecule has 0 saturated carbocycles. The summed E-state index contributed by atoms with van der Waals surface area (Å²) in [6, 6.07) is 5.70. The van der Waals surface area contributed by atoms with Gasteiger partial charge in [-0.2, -0.15) is 0 Å². The molecule has 0 bridgehead atoms. The molecule has 0 aromatic carbocycles. The quantitative estimate of drug-likeness (QED) is 0.482. The number of aliphatic hydroxyl groups excluding tert-OH is 1. The van der Waals surface area contributed by atoms with Gasteiger partial charge >= 0.3 is 0 Å². The first-order valence-corrected chi connectivity index (χ1v) is 5.16. The number of hydrogen-bond donors (Lipinski definition) is 3. The number of nitrogens with two attached hydrogens (primary N) is 1. The lowest BCUT2D eigenvalue weighted by Gasteiger charge is -2.30. The van der Waals surface area contributed by atoms with Crippen molar-refractivity contribution in [3.63, 3.8) is 0 Å². The van der Waals surface area contributed by atoms with Crippen molar-refractivity contribution in [3.8, 4) is 0 Å². The molecule has 5 heteroatoms. The van der Waals surface area contributed by atoms with E-state index in [1.807, 2.05) is 18.2 Å². The molecule has 15 heavy (non-hydrogen) atoms. The summed E-state index contributed by atoms with van der Waals surface area (Å²) in [4.78, 5) is 6.51. The van der Waals surface area contributed by atoms with Crippen LogP contribution < -0.4 is 16.2 Å². The van der Waals surface area contributed by atoms with Crippen molar-refractivity contribution in [2.75, 3.05) is 23.4 Å². The fourth-order valence-corrected chi connectivity index (χ4v) is 1.77. The minimum atomic E-state index is -0.155. The van der Waals surface area contributed by atoms with E-state index >= 15 is 0 Å². The molecule has 1 aliphatic rings. The molecule has 5 nitrogen and oxygen atoms in total. The monoisotopic (exact) mass is 208 g/mol. The summed E-state index contributed by atoms with van der Waals surface area (Å²) >= 11 is 0. The Morgan fingerprint density at radius 2 is 2.13 bits per heavy atom. The number of piperidine rings is 1. The normalized spacial score (nSPS) is 17.9. The maximum absolute atomic E-state index is 9.40. The Morgan fingerprint density at radius 1 is 1.40 bits per heavy atom. The molecule has 1 aromatic heterocycles. The number of hydrazine groups is 1. The third-order valence-corrected chi connectivity index (χ3v) is 2.67. The Hall–Kier alpha value is -1.33. The highest BCUT2D eigenvalue weighted by Crippen LogP contribution is 2.18. The molecule has 1 saturated heterocycles. The fraction of sp³-hybridized carbons (Fsp3) is 0.500. The Kier molecular flexibility index (Phi) is 3.03. The van der Waals surface area contributed by atoms with Crippen molar-refractivity contribution in [2.24, 2.45) is 5.84 Å². The molecule has 1 aliphatic heterocycles. The highest BCUT2D eigenvalue weighted by Gasteiger charge is 2.17. The Balaban J connectivity index is 2.08. The molecule has 0 spiro atoms. The molecule has 82 valence electrons. The van der Waals surface area contributed by atoms with Crippen LogP contribution in [-0.2, 0) is 0 Å². The predicted molar refractivity (Wildman–Crippen MR) is 59.5 cm³/mol. The van der Waals surface area contributed by atoms with Gasteiger partial charge in [0.1, 0.15) is 11.6 Å². The van der Waals surface area contributed by atoms with E-state index in [1.165, 1.54) is 0 Å². The van der Waals surface area contributed by atoms with Gasteiger partial charge in [-0.3, -0.25) is 0 Å². The van der Waals surface area contributed by atoms with E-state index in [0.717, 1.165) is 31.7 Å². The van der Waals surface area contributed by atoms with E-state index < -0.39 is 0 Å². The second-order valence-corrected chi connectivity index (χ2v) is 3.74. The number of nitrogen functional groups attached to an aromatic ring is 1. The van der Waals surface area contributed by atoms with Gasteiger partial charge in [0.2, 0.25) is 0 Å². The van der Waals surface area contributed by atoms with E-state index in [1.54, 1.807) is 0 Å². The first-order valence-electron chi connectivity index (χ1n) is 5.16. The van der Waals surface area contributed by atoms with Crippen LogP contribution in [0, 0.1) is 0 Å². The first-order chi connectivity index (χ1) is 7.29. The highest BCUT2D eigenvalue weighted by molar-refractivity contribution is 5.46. The minimum Gasteiger partial charge on any atom is -0.393 e. The van der Waals surface area contributed by atoms with E-state index in [9.17, 15) is 5.11 Å². The van der Waals surface area contributed by atoms with Gasteiger partial charge in [-0.1, -0.05) is 6.07 Å². The predicted octanol–water partition coefficient (Wildman–Crippen LogP) is 0.328. The second kappa shape index (κ2) is 4.46. The van der Waals surface area contributed by atoms with E-state index in [0.29, 0.717) is 5.82 Å². The van der Waals surface area contributed by atoms with Crippen molar-refractivity contribution in [2.45, 2.75) is 18.9 Å². The summed E-state index contributed by atoms with van der Waals surface area (Å²) in [6.07, 6.45) is 1.46. The van der Waals surface area contributed by atoms with Crippen molar-refractivity contribution in [3.05, 3.63) is 18.2 Å². The Labute approximate surface area is 88.9 Å². The third-order valence-electron chi connectivity index (χ3n) is 2.67. The summed E-state index contributed by atoms with van der Waals surface area (Å²) < 4.78 is 0. The lowest BCUT2D eigenvalue weighted by atomic mass is 10.1. The summed E-state index contributed by atoms with van der Waals surface area (Å²) in [5, 5.41) is 9.40. The van der Waals surface area contributed by atoms with Gasteiger partial charge in [-0.25, -0.2) is 10.8 Å². The van der Waals surface area contributed by atoms with E-state index in [2.05, 4.69) is 15.3 Å². The summed E-state index contributed by atoms with van der Waals surface area (Å²) in [5.74, 6) is 6.88. The topological polar surface area (TPSA) is 74.4 Å². The van der Waals surface area contributed by atoms with Crippen molar-refractivity contribution < 1.29 is 5.11 Å². The van der Waals surface area contributed by atoms with E-state index in [-0.39, 0.29) is 6.10 Å². The molecule has 1 aromatic rings. The zero-order valence-electron chi connectivity index (χ0n) is 8.56. The van der Waals surface area contributed by atoms with Gasteiger partial charge in [0.05, 0.1) is 6.10 Å². The fourth-order valence-electron chi connectivity index (χ4n) is 1.77. The number of nitrogens with zero attached hydrogens (tertiary/aromatic N) is 2. The van der Waals surface area contributed by atoms with Crippen LogP contribution in [0.5, 0.6) is 0 Å². The summed E-state index contributed by atoms with van der Waals surface area (Å²) in [5.41, 5.74) is 2.53. The zero-order chi connectivity index (χ0) is 10.7. The third kappa shape index (κ3) is 2.37. The Bertz CT molecular complexity index is 323. The van der Waals surface area contributed by atoms with Crippen LogP contribution in [0.3, 0.4) is 0 Å². The SMILES string of the molecule is NNc1cccc(N2CCC(O)CC2)n1. The molecule has 2 rings (SSSR count). The standard InChI is InChI=1S/C10H16N4O/c11-13-9-2-1-3-10(12-9)14-6-4-8(15)5-7-14/h1-3,8,15H,4-7,11H2,(H,12,13). The molecule has 0 amide bonds. The van der Waals surface area contributed by atoms with Crippen LogP contribution in [0.4, 0.5) is 11.6 Å². The van der Waals surface area contributed by atoms with Crippen LogP contribution in [0.2, 0.25) is 0 Å². The van der Waals surface area contributed by atoms with Crippen LogP contribution in [0.1, 0.15) is 12.8 Å². The van der Waals surface area contributed by atoms with Crippen molar-refractivity contribution >= 4 is 11.6 Å². The van der Waals surface area contributed by atoms with Crippen LogP contribution >= 0.6 is 0 Å². The molecule has 0 unspecified atom stereocenters. The second-order valence-electron chi connectivity index (χ2n) is 3.74. The molecule has 0 radical (unpaired) electrons. The molecule has 4 N–H and O–H groups in total. The highest BCUT2D eigenvalue weighted by atomic mass is 16.3. The van der Waals surface area contributed by atoms with Gasteiger partial charge in [0.15, 0.2) is 0 Å². The van der Waals surface area contributed by atoms with Gasteiger partial charge < -0.3 is 15.4 Å². The average molecular weight is 208 g/mol. The first kappa shape index (κ1) is 10.2. The largest absolute Gasteiger partial charge is 0.393 e. The lowest BCUT2D eigenvalue weighted by molar-refractivity contribution is 0.145. The number of anilines is 2. The molecular weight excluding hydrogens is 192 g/mol. The zero-order valence-corrected chi connectivity index (χ0v) is 8.56. The van der Waals surface area contributed by atoms with Gasteiger partial charge in [-0.05, 0) is 25.0 Å². The van der Waals surface area contributed by atoms with Crippen molar-refractivity contribution in [1.82, 2.24) is 4.98 Å². The number of hydrogen-bond acceptors (Lipinski definition) is 5. The van der Waals surface area contributed by atoms with Crippen molar-refractivity contribution in [1.29, 1.82) is 0 Å². The lowest BCUT2D eigenvalue weighted by Crippen LogP contribution is -2.36. The average Bonchev–Trinajstić information content (AvgIpc) is 2.30. The number of aromatic nitrogens is 1. The maximum atomic E-state index is 9.40.